The van der Waals surface area contributed by atoms with Gasteiger partial charge in [-0.25, -0.2) is 4.79 Å². The number of hydrogen-bond donors (Lipinski definition) is 1. The van der Waals surface area contributed by atoms with Crippen LogP contribution in [0.1, 0.15) is 43.7 Å². The van der Waals surface area contributed by atoms with Gasteiger partial charge in [0, 0.05) is 24.1 Å². The Hall–Kier alpha value is -2.59. The maximum atomic E-state index is 12.6. The highest BCUT2D eigenvalue weighted by Crippen LogP contribution is 2.70. The summed E-state index contributed by atoms with van der Waals surface area (Å²) in [4.78, 5) is 15.2. The minimum Gasteiger partial charge on any atom is -0.508 e. The van der Waals surface area contributed by atoms with Gasteiger partial charge in [0.15, 0.2) is 0 Å². The fraction of sp³-hybridized carbons (Fsp3) is 0.423. The average Bonchev–Trinajstić information content (AvgIpc) is 3.30. The van der Waals surface area contributed by atoms with E-state index in [-0.39, 0.29) is 16.9 Å². The molecule has 156 valence electrons. The molecule has 0 radical (unpaired) electrons. The van der Waals surface area contributed by atoms with Gasteiger partial charge in [0.1, 0.15) is 5.75 Å². The summed E-state index contributed by atoms with van der Waals surface area (Å²) in [5.74, 6) is 0.0485. The second kappa shape index (κ2) is 7.28. The van der Waals surface area contributed by atoms with Crippen molar-refractivity contribution in [1.29, 1.82) is 0 Å². The van der Waals surface area contributed by atoms with Crippen molar-refractivity contribution in [1.82, 2.24) is 4.90 Å². The number of fused-ring (bicyclic) bond motifs is 1. The monoisotopic (exact) mass is 403 g/mol. The predicted octanol–water partition coefficient (Wildman–Crippen LogP) is 4.37. The number of nitrogens with zero attached hydrogens (tertiary/aromatic N) is 1. The molecule has 1 N–H and O–H groups in total. The van der Waals surface area contributed by atoms with Crippen molar-refractivity contribution >= 4 is 5.97 Å². The lowest BCUT2D eigenvalue weighted by atomic mass is 9.65. The molecule has 0 amide bonds. The van der Waals surface area contributed by atoms with Gasteiger partial charge in [-0.15, -0.1) is 0 Å². The molecule has 1 heterocycles. The molecule has 0 aromatic heterocycles. The zero-order valence-corrected chi connectivity index (χ0v) is 17.5. The zero-order chi connectivity index (χ0) is 20.8. The molecule has 1 spiro atoms. The molecule has 3 unspecified atom stereocenters. The van der Waals surface area contributed by atoms with Crippen molar-refractivity contribution in [3.8, 4) is 5.75 Å². The first-order valence-electron chi connectivity index (χ1n) is 11.1. The maximum Gasteiger partial charge on any atom is 0.330 e. The Morgan fingerprint density at radius 3 is 2.80 bits per heavy atom. The van der Waals surface area contributed by atoms with Crippen molar-refractivity contribution in [3.63, 3.8) is 0 Å². The van der Waals surface area contributed by atoms with Gasteiger partial charge in [-0.2, -0.15) is 0 Å². The molecule has 4 heteroatoms. The Balaban J connectivity index is 1.49. The molecular formula is C26H29NO3. The van der Waals surface area contributed by atoms with Gasteiger partial charge >= 0.3 is 5.97 Å². The number of aromatic hydroxyl groups is 1. The van der Waals surface area contributed by atoms with Crippen molar-refractivity contribution in [2.75, 3.05) is 13.2 Å². The van der Waals surface area contributed by atoms with E-state index in [4.69, 9.17) is 4.74 Å². The summed E-state index contributed by atoms with van der Waals surface area (Å²) in [6.45, 7) is 3.24. The highest BCUT2D eigenvalue weighted by molar-refractivity contribution is 5.85. The minimum atomic E-state index is -0.242. The number of rotatable bonds is 6. The van der Waals surface area contributed by atoms with E-state index < -0.39 is 0 Å². The van der Waals surface area contributed by atoms with Crippen LogP contribution >= 0.6 is 0 Å². The number of carbonyl (C=O) groups is 1. The molecule has 2 aromatic rings. The summed E-state index contributed by atoms with van der Waals surface area (Å²) in [7, 11) is 0. The van der Waals surface area contributed by atoms with Crippen LogP contribution in [0.15, 0.2) is 66.2 Å². The summed E-state index contributed by atoms with van der Waals surface area (Å²) >= 11 is 0. The van der Waals surface area contributed by atoms with E-state index >= 15 is 0 Å². The third-order valence-electron chi connectivity index (χ3n) is 7.49. The Morgan fingerprint density at radius 2 is 2.03 bits per heavy atom. The van der Waals surface area contributed by atoms with E-state index in [1.165, 1.54) is 11.1 Å². The summed E-state index contributed by atoms with van der Waals surface area (Å²) in [5.41, 5.74) is 3.50. The van der Waals surface area contributed by atoms with Crippen LogP contribution in [0.5, 0.6) is 5.75 Å². The number of benzene rings is 2. The number of esters is 1. The van der Waals surface area contributed by atoms with Gasteiger partial charge in [0.05, 0.1) is 12.1 Å². The number of piperidine rings is 1. The van der Waals surface area contributed by atoms with Crippen LogP contribution in [0, 0.1) is 0 Å². The van der Waals surface area contributed by atoms with Crippen LogP contribution in [0.3, 0.4) is 0 Å². The topological polar surface area (TPSA) is 49.5 Å². The van der Waals surface area contributed by atoms with Gasteiger partial charge in [0.25, 0.3) is 0 Å². The van der Waals surface area contributed by atoms with E-state index in [2.05, 4.69) is 41.3 Å². The van der Waals surface area contributed by atoms with Crippen LogP contribution < -0.4 is 0 Å². The molecule has 3 aliphatic rings. The van der Waals surface area contributed by atoms with Crippen molar-refractivity contribution < 1.29 is 14.6 Å². The second-order valence-electron chi connectivity index (χ2n) is 8.87. The van der Waals surface area contributed by atoms with E-state index in [0.29, 0.717) is 18.4 Å². The highest BCUT2D eigenvalue weighted by atomic mass is 16.5. The Labute approximate surface area is 178 Å². The normalized spacial score (nSPS) is 32.6. The second-order valence-corrected chi connectivity index (χ2v) is 8.87. The van der Waals surface area contributed by atoms with Crippen molar-refractivity contribution in [2.24, 2.45) is 0 Å². The van der Waals surface area contributed by atoms with Gasteiger partial charge < -0.3 is 9.84 Å². The maximum absolute atomic E-state index is 12.6. The van der Waals surface area contributed by atoms with E-state index in [0.717, 1.165) is 44.2 Å². The van der Waals surface area contributed by atoms with Gasteiger partial charge in [-0.1, -0.05) is 42.5 Å². The summed E-state index contributed by atoms with van der Waals surface area (Å²) in [5, 5.41) is 10.1. The molecule has 3 fully saturated rings. The predicted molar refractivity (Wildman–Crippen MR) is 116 cm³/mol. The van der Waals surface area contributed by atoms with Crippen LogP contribution in [0.25, 0.3) is 0 Å². The lowest BCUT2D eigenvalue weighted by Crippen LogP contribution is -2.40. The van der Waals surface area contributed by atoms with Gasteiger partial charge in [-0.3, -0.25) is 4.90 Å². The van der Waals surface area contributed by atoms with Gasteiger partial charge in [-0.05, 0) is 67.9 Å². The first kappa shape index (κ1) is 19.4. The number of likely N-dealkylation sites (tertiary alicyclic amines) is 1. The number of hydrogen-bond acceptors (Lipinski definition) is 4. The molecule has 2 aliphatic carbocycles. The number of phenols is 1. The molecule has 2 saturated carbocycles. The highest BCUT2D eigenvalue weighted by Gasteiger charge is 2.75. The molecule has 2 bridgehead atoms. The smallest absolute Gasteiger partial charge is 0.330 e. The van der Waals surface area contributed by atoms with Crippen LogP contribution in [0.2, 0.25) is 0 Å². The average molecular weight is 404 g/mol. The fourth-order valence-electron chi connectivity index (χ4n) is 6.30. The lowest BCUT2D eigenvalue weighted by molar-refractivity contribution is -0.137. The lowest BCUT2D eigenvalue weighted by Gasteiger charge is -2.42. The summed E-state index contributed by atoms with van der Waals surface area (Å²) < 4.78 is 5.32. The Bertz CT molecular complexity index is 985. The number of phenolic OH excluding ortho intramolecular Hbond substituents is 1. The fourth-order valence-corrected chi connectivity index (χ4v) is 6.30. The first-order chi connectivity index (χ1) is 14.6. The number of ether oxygens (including phenoxy) is 1. The number of carbonyl (C=O) groups excluding carboxylic acids is 1. The van der Waals surface area contributed by atoms with E-state index in [1.807, 2.05) is 19.1 Å². The molecule has 5 rings (SSSR count). The molecule has 30 heavy (non-hydrogen) atoms. The molecule has 4 atom stereocenters. The molecular weight excluding hydrogens is 374 g/mol. The summed E-state index contributed by atoms with van der Waals surface area (Å²) in [6, 6.07) is 18.7. The largest absolute Gasteiger partial charge is 0.508 e. The third kappa shape index (κ3) is 2.89. The van der Waals surface area contributed by atoms with E-state index in [9.17, 15) is 9.90 Å². The molecule has 4 nitrogen and oxygen atoms in total. The molecule has 1 aliphatic heterocycles. The standard InChI is InChI=1S/C26H29NO3/c1-2-30-24(29)17-22-25(20-10-6-11-21(28)16-20)13-7-14-26(22)23(18-25)27(26)15-12-19-8-4-3-5-9-19/h3-6,8-11,16-17,23,28H,2,7,12-15,18H2,1H3/b22-17-/t23?,25-,26?,27?/m1/s1. The van der Waals surface area contributed by atoms with Gasteiger partial charge in [0.2, 0.25) is 0 Å². The van der Waals surface area contributed by atoms with Crippen LogP contribution in [-0.4, -0.2) is 40.7 Å². The van der Waals surface area contributed by atoms with Crippen molar-refractivity contribution in [3.05, 3.63) is 77.4 Å². The van der Waals surface area contributed by atoms with E-state index in [1.54, 1.807) is 12.1 Å². The quantitative estimate of drug-likeness (QED) is 0.442. The first-order valence-corrected chi connectivity index (χ1v) is 11.1. The molecule has 1 saturated heterocycles. The van der Waals surface area contributed by atoms with Crippen LogP contribution in [-0.2, 0) is 21.4 Å². The van der Waals surface area contributed by atoms with Crippen molar-refractivity contribution in [2.45, 2.75) is 56.0 Å². The SMILES string of the molecule is CCOC(=O)/C=C1\C23CCC[C@]1(c1cccc(O)c1)CC2N3CCc1ccccc1. The Morgan fingerprint density at radius 1 is 1.20 bits per heavy atom. The zero-order valence-electron chi connectivity index (χ0n) is 17.5. The molecule has 2 aromatic carbocycles. The third-order valence-corrected chi connectivity index (χ3v) is 7.49. The minimum absolute atomic E-state index is 0.0226. The van der Waals surface area contributed by atoms with Crippen LogP contribution in [0.4, 0.5) is 0 Å². The summed E-state index contributed by atoms with van der Waals surface area (Å²) in [6.07, 6.45) is 7.06. The Kier molecular flexibility index (Phi) is 4.70.